The molecule has 0 aromatic heterocycles. The van der Waals surface area contributed by atoms with Gasteiger partial charge in [0, 0.05) is 17.6 Å². The number of nitrogens with one attached hydrogen (secondary N) is 1. The summed E-state index contributed by atoms with van der Waals surface area (Å²) in [5.41, 5.74) is 1.12. The highest BCUT2D eigenvalue weighted by atomic mass is 35.5. The van der Waals surface area contributed by atoms with Crippen LogP contribution in [0.1, 0.15) is 25.0 Å². The van der Waals surface area contributed by atoms with Crippen molar-refractivity contribution in [3.63, 3.8) is 0 Å². The molecule has 0 heterocycles. The second-order valence-corrected chi connectivity index (χ2v) is 7.34. The largest absolute Gasteiger partial charge is 0.493 e. The fourth-order valence-corrected chi connectivity index (χ4v) is 2.71. The topological polar surface area (TPSA) is 50.7 Å². The number of ether oxygens (including phenoxy) is 2. The van der Waals surface area contributed by atoms with Gasteiger partial charge in [0.25, 0.3) is 0 Å². The van der Waals surface area contributed by atoms with E-state index in [4.69, 9.17) is 32.7 Å². The first-order valence-electron chi connectivity index (χ1n) is 8.05. The molecule has 2 rings (SSSR count). The van der Waals surface area contributed by atoms with Crippen molar-refractivity contribution in [1.29, 1.82) is 0 Å². The lowest BCUT2D eigenvalue weighted by Crippen LogP contribution is -2.42. The second-order valence-electron chi connectivity index (χ2n) is 6.53. The molecule has 0 aliphatic heterocycles. The standard InChI is InChI=1S/C19H22Cl2FNO3/c1-19(2,11-24)23-9-12-6-16(21)18(17(7-12)25-3)26-10-13-4-5-14(22)8-15(13)20/h4-8,23-24H,9-11H2,1-3H3. The van der Waals surface area contributed by atoms with E-state index in [0.717, 1.165) is 5.56 Å². The average molecular weight is 402 g/mol. The average Bonchev–Trinajstić information content (AvgIpc) is 2.60. The summed E-state index contributed by atoms with van der Waals surface area (Å²) < 4.78 is 24.3. The van der Waals surface area contributed by atoms with Crippen LogP contribution in [-0.4, -0.2) is 24.4 Å². The van der Waals surface area contributed by atoms with Crippen molar-refractivity contribution >= 4 is 23.2 Å². The van der Waals surface area contributed by atoms with Gasteiger partial charge in [-0.3, -0.25) is 0 Å². The Balaban J connectivity index is 2.15. The van der Waals surface area contributed by atoms with Crippen LogP contribution in [0.15, 0.2) is 30.3 Å². The Kier molecular flexibility index (Phi) is 7.12. The van der Waals surface area contributed by atoms with E-state index in [0.29, 0.717) is 28.6 Å². The molecule has 0 aliphatic rings. The maximum absolute atomic E-state index is 13.1. The van der Waals surface area contributed by atoms with E-state index in [9.17, 15) is 9.50 Å². The normalized spacial score (nSPS) is 11.5. The summed E-state index contributed by atoms with van der Waals surface area (Å²) in [6, 6.07) is 7.70. The highest BCUT2D eigenvalue weighted by Crippen LogP contribution is 2.37. The Bertz CT molecular complexity index is 769. The summed E-state index contributed by atoms with van der Waals surface area (Å²) in [5.74, 6) is 0.464. The number of benzene rings is 2. The van der Waals surface area contributed by atoms with Gasteiger partial charge in [-0.15, -0.1) is 0 Å². The molecule has 0 amide bonds. The first-order chi connectivity index (χ1) is 12.3. The molecule has 0 unspecified atom stereocenters. The minimum absolute atomic E-state index is 0.0114. The fraction of sp³-hybridized carbons (Fsp3) is 0.368. The number of hydrogen-bond acceptors (Lipinski definition) is 4. The molecule has 0 aliphatic carbocycles. The van der Waals surface area contributed by atoms with E-state index in [-0.39, 0.29) is 18.2 Å². The molecule has 26 heavy (non-hydrogen) atoms. The third-order valence-corrected chi connectivity index (χ3v) is 4.48. The molecular formula is C19H22Cl2FNO3. The number of aliphatic hydroxyl groups is 1. The molecule has 2 aromatic rings. The predicted molar refractivity (Wildman–Crippen MR) is 102 cm³/mol. The number of methoxy groups -OCH3 is 1. The molecule has 2 aromatic carbocycles. The molecule has 0 bridgehead atoms. The zero-order valence-electron chi connectivity index (χ0n) is 14.9. The third-order valence-electron chi connectivity index (χ3n) is 3.84. The number of rotatable bonds is 8. The van der Waals surface area contributed by atoms with Crippen LogP contribution in [0.3, 0.4) is 0 Å². The van der Waals surface area contributed by atoms with E-state index in [2.05, 4.69) is 5.32 Å². The van der Waals surface area contributed by atoms with Crippen LogP contribution in [-0.2, 0) is 13.2 Å². The van der Waals surface area contributed by atoms with Gasteiger partial charge in [0.05, 0.1) is 23.8 Å². The Morgan fingerprint density at radius 2 is 1.88 bits per heavy atom. The molecule has 0 saturated carbocycles. The van der Waals surface area contributed by atoms with Gasteiger partial charge in [0.1, 0.15) is 12.4 Å². The van der Waals surface area contributed by atoms with Crippen molar-refractivity contribution in [2.75, 3.05) is 13.7 Å². The van der Waals surface area contributed by atoms with Crippen molar-refractivity contribution in [3.8, 4) is 11.5 Å². The van der Waals surface area contributed by atoms with E-state index in [1.807, 2.05) is 19.9 Å². The van der Waals surface area contributed by atoms with Crippen LogP contribution in [0.4, 0.5) is 4.39 Å². The molecule has 0 spiro atoms. The minimum Gasteiger partial charge on any atom is -0.493 e. The smallest absolute Gasteiger partial charge is 0.180 e. The van der Waals surface area contributed by atoms with Gasteiger partial charge < -0.3 is 19.9 Å². The van der Waals surface area contributed by atoms with Crippen LogP contribution in [0.5, 0.6) is 11.5 Å². The summed E-state index contributed by atoms with van der Waals surface area (Å²) in [4.78, 5) is 0. The van der Waals surface area contributed by atoms with Gasteiger partial charge in [-0.2, -0.15) is 0 Å². The van der Waals surface area contributed by atoms with Gasteiger partial charge in [-0.25, -0.2) is 4.39 Å². The van der Waals surface area contributed by atoms with Crippen LogP contribution < -0.4 is 14.8 Å². The van der Waals surface area contributed by atoms with Crippen LogP contribution in [0, 0.1) is 5.82 Å². The van der Waals surface area contributed by atoms with Crippen molar-refractivity contribution in [2.24, 2.45) is 0 Å². The Hall–Kier alpha value is -1.53. The van der Waals surface area contributed by atoms with E-state index >= 15 is 0 Å². The Morgan fingerprint density at radius 1 is 1.15 bits per heavy atom. The van der Waals surface area contributed by atoms with Crippen molar-refractivity contribution < 1.29 is 19.0 Å². The summed E-state index contributed by atoms with van der Waals surface area (Å²) >= 11 is 12.4. The zero-order valence-corrected chi connectivity index (χ0v) is 16.4. The van der Waals surface area contributed by atoms with Gasteiger partial charge in [-0.05, 0) is 43.7 Å². The fourth-order valence-electron chi connectivity index (χ4n) is 2.20. The predicted octanol–water partition coefficient (Wildman–Crippen LogP) is 4.58. The Morgan fingerprint density at radius 3 is 2.50 bits per heavy atom. The number of hydrogen-bond donors (Lipinski definition) is 2. The maximum atomic E-state index is 13.1. The molecule has 2 N–H and O–H groups in total. The molecule has 0 fully saturated rings. The van der Waals surface area contributed by atoms with Crippen molar-refractivity contribution in [3.05, 3.63) is 57.3 Å². The van der Waals surface area contributed by atoms with E-state index in [1.165, 1.54) is 19.2 Å². The van der Waals surface area contributed by atoms with E-state index < -0.39 is 11.4 Å². The Labute approximate surface area is 162 Å². The molecule has 7 heteroatoms. The molecule has 4 nitrogen and oxygen atoms in total. The highest BCUT2D eigenvalue weighted by Gasteiger charge is 2.17. The monoisotopic (exact) mass is 401 g/mol. The SMILES string of the molecule is COc1cc(CNC(C)(C)CO)cc(Cl)c1OCc1ccc(F)cc1Cl. The molecular weight excluding hydrogens is 380 g/mol. The summed E-state index contributed by atoms with van der Waals surface area (Å²) in [6.07, 6.45) is 0. The van der Waals surface area contributed by atoms with Crippen LogP contribution >= 0.6 is 23.2 Å². The number of halogens is 3. The lowest BCUT2D eigenvalue weighted by atomic mass is 10.1. The third kappa shape index (κ3) is 5.48. The molecule has 142 valence electrons. The van der Waals surface area contributed by atoms with Gasteiger partial charge in [-0.1, -0.05) is 29.3 Å². The summed E-state index contributed by atoms with van der Waals surface area (Å²) in [5, 5.41) is 13.2. The molecule has 0 saturated heterocycles. The first-order valence-corrected chi connectivity index (χ1v) is 8.80. The summed E-state index contributed by atoms with van der Waals surface area (Å²) in [7, 11) is 1.53. The van der Waals surface area contributed by atoms with Gasteiger partial charge in [0.2, 0.25) is 0 Å². The van der Waals surface area contributed by atoms with Crippen LogP contribution in [0.25, 0.3) is 0 Å². The maximum Gasteiger partial charge on any atom is 0.180 e. The summed E-state index contributed by atoms with van der Waals surface area (Å²) in [6.45, 7) is 4.45. The zero-order chi connectivity index (χ0) is 19.3. The lowest BCUT2D eigenvalue weighted by Gasteiger charge is -2.24. The second kappa shape index (κ2) is 8.91. The van der Waals surface area contributed by atoms with Gasteiger partial charge >= 0.3 is 0 Å². The van der Waals surface area contributed by atoms with E-state index in [1.54, 1.807) is 12.1 Å². The van der Waals surface area contributed by atoms with Gasteiger partial charge in [0.15, 0.2) is 11.5 Å². The minimum atomic E-state index is -0.409. The first kappa shape index (κ1) is 20.8. The van der Waals surface area contributed by atoms with Crippen molar-refractivity contribution in [1.82, 2.24) is 5.32 Å². The molecule has 0 atom stereocenters. The molecule has 0 radical (unpaired) electrons. The van der Waals surface area contributed by atoms with Crippen LogP contribution in [0.2, 0.25) is 10.0 Å². The number of aliphatic hydroxyl groups excluding tert-OH is 1. The highest BCUT2D eigenvalue weighted by molar-refractivity contribution is 6.32. The lowest BCUT2D eigenvalue weighted by molar-refractivity contribution is 0.187. The van der Waals surface area contributed by atoms with Crippen molar-refractivity contribution in [2.45, 2.75) is 32.5 Å². The quantitative estimate of drug-likeness (QED) is 0.679.